The maximum Gasteiger partial charge on any atom is 0.407 e. The molecule has 0 saturated carbocycles. The van der Waals surface area contributed by atoms with Crippen LogP contribution in [-0.4, -0.2) is 43.7 Å². The van der Waals surface area contributed by atoms with Gasteiger partial charge in [-0.2, -0.15) is 0 Å². The molecule has 8 heteroatoms. The molecular weight excluding hydrogens is 570 g/mol. The van der Waals surface area contributed by atoms with Gasteiger partial charge in [-0.25, -0.2) is 9.59 Å². The third kappa shape index (κ3) is 13.6. The van der Waals surface area contributed by atoms with Crippen molar-refractivity contribution in [3.05, 3.63) is 71.3 Å². The number of hydrogen-bond acceptors (Lipinski definition) is 6. The molecule has 0 aromatic heterocycles. The van der Waals surface area contributed by atoms with Crippen molar-refractivity contribution in [2.75, 3.05) is 25.5 Å². The van der Waals surface area contributed by atoms with Crippen molar-refractivity contribution in [2.45, 2.75) is 78.7 Å². The summed E-state index contributed by atoms with van der Waals surface area (Å²) < 4.78 is 16.7. The summed E-state index contributed by atoms with van der Waals surface area (Å²) in [7, 11) is 0. The number of carbonyl (C=O) groups excluding carboxylic acids is 2. The second-order valence-electron chi connectivity index (χ2n) is 10.6. The van der Waals surface area contributed by atoms with Crippen LogP contribution >= 0.6 is 23.4 Å². The molecule has 42 heavy (non-hydrogen) atoms. The van der Waals surface area contributed by atoms with Gasteiger partial charge in [0.25, 0.3) is 0 Å². The van der Waals surface area contributed by atoms with E-state index in [1.807, 2.05) is 50.2 Å². The summed E-state index contributed by atoms with van der Waals surface area (Å²) in [4.78, 5) is 25.0. The first kappa shape index (κ1) is 37.4. The van der Waals surface area contributed by atoms with Crippen LogP contribution in [0, 0.1) is 17.8 Å². The van der Waals surface area contributed by atoms with Gasteiger partial charge in [-0.3, -0.25) is 0 Å². The van der Waals surface area contributed by atoms with Crippen molar-refractivity contribution < 1.29 is 23.8 Å². The van der Waals surface area contributed by atoms with Crippen LogP contribution in [0.5, 0.6) is 5.75 Å². The number of rotatable bonds is 16. The van der Waals surface area contributed by atoms with Gasteiger partial charge < -0.3 is 19.5 Å². The first-order valence-electron chi connectivity index (χ1n) is 14.9. The highest BCUT2D eigenvalue weighted by Crippen LogP contribution is 2.38. The Morgan fingerprint density at radius 1 is 0.976 bits per heavy atom. The molecule has 6 nitrogen and oxygen atoms in total. The Kier molecular flexibility index (Phi) is 18.1. The van der Waals surface area contributed by atoms with E-state index in [9.17, 15) is 9.59 Å². The van der Waals surface area contributed by atoms with E-state index >= 15 is 0 Å². The number of amides is 1. The van der Waals surface area contributed by atoms with E-state index in [0.29, 0.717) is 40.0 Å². The van der Waals surface area contributed by atoms with Crippen molar-refractivity contribution in [1.29, 1.82) is 0 Å². The Morgan fingerprint density at radius 2 is 1.60 bits per heavy atom. The van der Waals surface area contributed by atoms with Crippen LogP contribution in [0.25, 0.3) is 0 Å². The zero-order valence-corrected chi connectivity index (χ0v) is 28.1. The molecule has 2 rings (SSSR count). The van der Waals surface area contributed by atoms with Gasteiger partial charge in [0.1, 0.15) is 25.1 Å². The molecule has 0 radical (unpaired) electrons. The molecule has 0 spiro atoms. The second kappa shape index (κ2) is 20.3. The van der Waals surface area contributed by atoms with E-state index in [4.69, 9.17) is 25.8 Å². The zero-order chi connectivity index (χ0) is 31.7. The molecular formula is C34H50ClNO5S. The molecule has 0 aliphatic rings. The normalized spacial score (nSPS) is 12.9. The van der Waals surface area contributed by atoms with Gasteiger partial charge >= 0.3 is 12.1 Å². The minimum absolute atomic E-state index is 0.0287. The third-order valence-electron chi connectivity index (χ3n) is 6.68. The fraction of sp³-hybridized carbons (Fsp3) is 0.529. The Labute approximate surface area is 262 Å². The Balaban J connectivity index is 0.00000431. The number of ether oxygens (including phenoxy) is 3. The Hall–Kier alpha value is -2.64. The summed E-state index contributed by atoms with van der Waals surface area (Å²) in [5, 5.41) is 3.28. The van der Waals surface area contributed by atoms with E-state index in [0.717, 1.165) is 17.1 Å². The highest BCUT2D eigenvalue weighted by Gasteiger charge is 2.27. The smallest absolute Gasteiger partial charge is 0.407 e. The van der Waals surface area contributed by atoms with Gasteiger partial charge in [-0.15, -0.1) is 11.8 Å². The molecule has 2 aromatic carbocycles. The monoisotopic (exact) mass is 619 g/mol. The van der Waals surface area contributed by atoms with Crippen LogP contribution in [0.1, 0.15) is 73.3 Å². The number of hydrogen-bond donors (Lipinski definition) is 1. The minimum Gasteiger partial charge on any atom is -0.490 e. The third-order valence-corrected chi connectivity index (χ3v) is 8.08. The number of halogens is 1. The number of nitrogens with one attached hydrogen (secondary N) is 1. The van der Waals surface area contributed by atoms with Gasteiger partial charge in [0.05, 0.1) is 6.54 Å². The van der Waals surface area contributed by atoms with Crippen molar-refractivity contribution in [1.82, 2.24) is 5.32 Å². The van der Waals surface area contributed by atoms with Crippen LogP contribution < -0.4 is 10.1 Å². The fourth-order valence-corrected chi connectivity index (χ4v) is 5.69. The van der Waals surface area contributed by atoms with Crippen LogP contribution in [0.3, 0.4) is 0 Å². The number of esters is 1. The molecule has 1 amide bonds. The van der Waals surface area contributed by atoms with E-state index in [-0.39, 0.29) is 19.8 Å². The summed E-state index contributed by atoms with van der Waals surface area (Å²) in [6.45, 7) is 20.9. The first-order chi connectivity index (χ1) is 20.0. The summed E-state index contributed by atoms with van der Waals surface area (Å²) in [5.41, 5.74) is 1.62. The maximum atomic E-state index is 12.5. The van der Waals surface area contributed by atoms with Gasteiger partial charge in [0, 0.05) is 21.2 Å². The Bertz CT molecular complexity index is 1070. The van der Waals surface area contributed by atoms with Crippen LogP contribution in [0.2, 0.25) is 5.02 Å². The molecule has 234 valence electrons. The standard InChI is InChI=1S/C32H44ClNO5S.C2H6/c1-8-29(21(2)3)30(22(4)5)24-9-13-26(14-10-24)38-19-27(20-40-28-15-11-25(33)12-16-28)39-32(36)34-17-18-37-31(35)23(6)7;1-2/h9-16,21-22,27,29-30H,6,8,17-20H2,1-5,7H3,(H,34,36);1-2H3. The summed E-state index contributed by atoms with van der Waals surface area (Å²) in [6.07, 6.45) is 0.0137. The van der Waals surface area contributed by atoms with Crippen LogP contribution in [-0.2, 0) is 14.3 Å². The van der Waals surface area contributed by atoms with Crippen LogP contribution in [0.4, 0.5) is 4.79 Å². The average Bonchev–Trinajstić information content (AvgIpc) is 2.97. The number of alkyl carbamates (subject to hydrolysis) is 1. The summed E-state index contributed by atoms with van der Waals surface area (Å²) in [5.74, 6) is 2.93. The largest absolute Gasteiger partial charge is 0.490 e. The van der Waals surface area contributed by atoms with Gasteiger partial charge in [-0.1, -0.05) is 85.2 Å². The lowest BCUT2D eigenvalue weighted by Crippen LogP contribution is -2.35. The molecule has 0 aliphatic carbocycles. The van der Waals surface area contributed by atoms with E-state index in [1.54, 1.807) is 18.7 Å². The van der Waals surface area contributed by atoms with Gasteiger partial charge in [0.2, 0.25) is 0 Å². The molecule has 3 unspecified atom stereocenters. The van der Waals surface area contributed by atoms with E-state index in [2.05, 4.69) is 58.6 Å². The lowest BCUT2D eigenvalue weighted by atomic mass is 9.72. The van der Waals surface area contributed by atoms with Gasteiger partial charge in [0.15, 0.2) is 0 Å². The van der Waals surface area contributed by atoms with Crippen molar-refractivity contribution in [3.8, 4) is 5.75 Å². The molecule has 1 N–H and O–H groups in total. The summed E-state index contributed by atoms with van der Waals surface area (Å²) >= 11 is 7.55. The Morgan fingerprint density at radius 3 is 2.12 bits per heavy atom. The fourth-order valence-electron chi connectivity index (χ4n) is 4.69. The molecule has 0 heterocycles. The van der Waals surface area contributed by atoms with Crippen molar-refractivity contribution >= 4 is 35.4 Å². The lowest BCUT2D eigenvalue weighted by molar-refractivity contribution is -0.138. The molecule has 0 fully saturated rings. The first-order valence-corrected chi connectivity index (χ1v) is 16.3. The lowest BCUT2D eigenvalue weighted by Gasteiger charge is -2.33. The predicted octanol–water partition coefficient (Wildman–Crippen LogP) is 9.17. The molecule has 0 saturated heterocycles. The number of benzene rings is 2. The number of thioether (sulfide) groups is 1. The van der Waals surface area contributed by atoms with Crippen molar-refractivity contribution in [3.63, 3.8) is 0 Å². The predicted molar refractivity (Wildman–Crippen MR) is 176 cm³/mol. The highest BCUT2D eigenvalue weighted by molar-refractivity contribution is 7.99. The highest BCUT2D eigenvalue weighted by atomic mass is 35.5. The quantitative estimate of drug-likeness (QED) is 0.0874. The zero-order valence-electron chi connectivity index (χ0n) is 26.6. The SMILES string of the molecule is C=C(C)C(=O)OCCNC(=O)OC(COc1ccc(C(C(C)C)C(CC)C(C)C)cc1)CSc1ccc(Cl)cc1.CC. The summed E-state index contributed by atoms with van der Waals surface area (Å²) in [6, 6.07) is 15.8. The molecule has 0 bridgehead atoms. The molecule has 3 atom stereocenters. The molecule has 2 aromatic rings. The molecule has 0 aliphatic heterocycles. The maximum absolute atomic E-state index is 12.5. The topological polar surface area (TPSA) is 73.9 Å². The van der Waals surface area contributed by atoms with E-state index in [1.165, 1.54) is 5.56 Å². The van der Waals surface area contributed by atoms with Gasteiger partial charge in [-0.05, 0) is 72.6 Å². The average molecular weight is 620 g/mol. The second-order valence-corrected chi connectivity index (χ2v) is 12.1. The minimum atomic E-state index is -0.605. The number of carbonyl (C=O) groups is 2. The van der Waals surface area contributed by atoms with Crippen molar-refractivity contribution in [2.24, 2.45) is 17.8 Å². The van der Waals surface area contributed by atoms with E-state index < -0.39 is 18.2 Å². The van der Waals surface area contributed by atoms with Crippen LogP contribution in [0.15, 0.2) is 65.6 Å².